The molecular formula is C12H16ClN3O5S. The van der Waals surface area contributed by atoms with E-state index in [2.05, 4.69) is 14.9 Å². The first-order valence-corrected chi connectivity index (χ1v) is 9.01. The summed E-state index contributed by atoms with van der Waals surface area (Å²) < 4.78 is 38.4. The number of anilines is 1. The molecule has 22 heavy (non-hydrogen) atoms. The van der Waals surface area contributed by atoms with Gasteiger partial charge < -0.3 is 14.4 Å². The summed E-state index contributed by atoms with van der Waals surface area (Å²) in [4.78, 5) is 10.4. The van der Waals surface area contributed by atoms with Crippen LogP contribution >= 0.6 is 11.6 Å². The zero-order chi connectivity index (χ0) is 15.7. The van der Waals surface area contributed by atoms with E-state index in [0.717, 1.165) is 12.7 Å². The van der Waals surface area contributed by atoms with Crippen LogP contribution in [0.25, 0.3) is 0 Å². The van der Waals surface area contributed by atoms with Crippen LogP contribution in [-0.4, -0.2) is 57.0 Å². The van der Waals surface area contributed by atoms with Crippen molar-refractivity contribution in [2.45, 2.75) is 19.1 Å². The Kier molecular flexibility index (Phi) is 4.40. The fourth-order valence-electron chi connectivity index (χ4n) is 2.53. The van der Waals surface area contributed by atoms with Gasteiger partial charge in [0.1, 0.15) is 12.3 Å². The van der Waals surface area contributed by atoms with Crippen LogP contribution in [0.15, 0.2) is 0 Å². The molecule has 122 valence electrons. The Morgan fingerprint density at radius 1 is 1.41 bits per heavy atom. The van der Waals surface area contributed by atoms with Gasteiger partial charge in [0.2, 0.25) is 5.28 Å². The van der Waals surface area contributed by atoms with Gasteiger partial charge in [0, 0.05) is 13.0 Å². The van der Waals surface area contributed by atoms with Crippen LogP contribution in [0.3, 0.4) is 0 Å². The number of rotatable bonds is 3. The molecule has 0 amide bonds. The van der Waals surface area contributed by atoms with Crippen LogP contribution in [0.1, 0.15) is 12.1 Å². The summed E-state index contributed by atoms with van der Waals surface area (Å²) in [6.45, 7) is 2.08. The molecule has 8 nitrogen and oxygen atoms in total. The van der Waals surface area contributed by atoms with Gasteiger partial charge in [0.25, 0.3) is 10.1 Å². The highest BCUT2D eigenvalue weighted by Gasteiger charge is 2.32. The molecule has 0 unspecified atom stereocenters. The van der Waals surface area contributed by atoms with E-state index in [0.29, 0.717) is 43.6 Å². The fourth-order valence-corrected chi connectivity index (χ4v) is 3.04. The van der Waals surface area contributed by atoms with E-state index < -0.39 is 10.1 Å². The number of hydrogen-bond donors (Lipinski definition) is 0. The minimum atomic E-state index is -3.59. The van der Waals surface area contributed by atoms with Gasteiger partial charge in [-0.25, -0.2) is 4.98 Å². The molecule has 1 aromatic heterocycles. The molecule has 1 fully saturated rings. The highest BCUT2D eigenvalue weighted by Crippen LogP contribution is 2.36. The Morgan fingerprint density at radius 2 is 2.23 bits per heavy atom. The Hall–Kier alpha value is -1.16. The van der Waals surface area contributed by atoms with E-state index in [-0.39, 0.29) is 17.9 Å². The Labute approximate surface area is 133 Å². The molecular weight excluding hydrogens is 334 g/mol. The SMILES string of the molecule is CS(=O)(=O)OCc1nc(Cl)nc2c1OCC[C@@H]1COCCN21. The molecule has 0 saturated carbocycles. The third-order valence-electron chi connectivity index (χ3n) is 3.50. The second kappa shape index (κ2) is 6.15. The Bertz CT molecular complexity index is 669. The maximum absolute atomic E-state index is 11.2. The molecule has 0 N–H and O–H groups in total. The average molecular weight is 350 g/mol. The van der Waals surface area contributed by atoms with Crippen LogP contribution in [0.5, 0.6) is 5.75 Å². The summed E-state index contributed by atoms with van der Waals surface area (Å²) in [5, 5.41) is 0.0293. The van der Waals surface area contributed by atoms with Crippen molar-refractivity contribution in [2.75, 3.05) is 37.5 Å². The molecule has 0 radical (unpaired) electrons. The van der Waals surface area contributed by atoms with E-state index in [1.165, 1.54) is 0 Å². The van der Waals surface area contributed by atoms with Gasteiger partial charge in [0.05, 0.1) is 32.1 Å². The molecule has 3 heterocycles. The van der Waals surface area contributed by atoms with E-state index in [4.69, 9.17) is 25.3 Å². The maximum atomic E-state index is 11.2. The van der Waals surface area contributed by atoms with Crippen LogP contribution in [-0.2, 0) is 25.6 Å². The predicted molar refractivity (Wildman–Crippen MR) is 78.7 cm³/mol. The second-order valence-corrected chi connectivity index (χ2v) is 7.10. The summed E-state index contributed by atoms with van der Waals surface area (Å²) in [6, 6.07) is 0.157. The third kappa shape index (κ3) is 3.43. The van der Waals surface area contributed by atoms with Crippen molar-refractivity contribution < 1.29 is 22.1 Å². The van der Waals surface area contributed by atoms with Crippen molar-refractivity contribution in [3.05, 3.63) is 11.0 Å². The summed E-state index contributed by atoms with van der Waals surface area (Å²) in [7, 11) is -3.59. The number of fused-ring (bicyclic) bond motifs is 3. The Balaban J connectivity index is 1.98. The summed E-state index contributed by atoms with van der Waals surface area (Å²) in [5.41, 5.74) is 0.326. The van der Waals surface area contributed by atoms with E-state index in [1.54, 1.807) is 0 Å². The van der Waals surface area contributed by atoms with Crippen molar-refractivity contribution in [1.29, 1.82) is 0 Å². The first kappa shape index (κ1) is 15.7. The predicted octanol–water partition coefficient (Wildman–Crippen LogP) is 0.594. The zero-order valence-corrected chi connectivity index (χ0v) is 13.6. The highest BCUT2D eigenvalue weighted by atomic mass is 35.5. The smallest absolute Gasteiger partial charge is 0.264 e. The van der Waals surface area contributed by atoms with Crippen molar-refractivity contribution in [1.82, 2.24) is 9.97 Å². The summed E-state index contributed by atoms with van der Waals surface area (Å²) in [5.74, 6) is 0.996. The molecule has 2 aliphatic heterocycles. The van der Waals surface area contributed by atoms with Crippen molar-refractivity contribution in [3.8, 4) is 5.75 Å². The fraction of sp³-hybridized carbons (Fsp3) is 0.667. The third-order valence-corrected chi connectivity index (χ3v) is 4.21. The second-order valence-electron chi connectivity index (χ2n) is 5.12. The van der Waals surface area contributed by atoms with Gasteiger partial charge in [-0.15, -0.1) is 0 Å². The van der Waals surface area contributed by atoms with E-state index >= 15 is 0 Å². The summed E-state index contributed by atoms with van der Waals surface area (Å²) in [6.07, 6.45) is 1.76. The molecule has 1 aromatic rings. The topological polar surface area (TPSA) is 90.9 Å². The molecule has 2 aliphatic rings. The van der Waals surface area contributed by atoms with Crippen LogP contribution in [0.2, 0.25) is 5.28 Å². The van der Waals surface area contributed by atoms with Gasteiger partial charge in [-0.05, 0) is 11.6 Å². The van der Waals surface area contributed by atoms with E-state index in [9.17, 15) is 8.42 Å². The number of hydrogen-bond acceptors (Lipinski definition) is 8. The number of aromatic nitrogens is 2. The maximum Gasteiger partial charge on any atom is 0.264 e. The minimum absolute atomic E-state index is 0.0293. The molecule has 3 rings (SSSR count). The first-order chi connectivity index (χ1) is 10.4. The van der Waals surface area contributed by atoms with Gasteiger partial charge in [-0.1, -0.05) is 0 Å². The lowest BCUT2D eigenvalue weighted by atomic mass is 10.1. The van der Waals surface area contributed by atoms with Crippen molar-refractivity contribution in [3.63, 3.8) is 0 Å². The lowest BCUT2D eigenvalue weighted by Crippen LogP contribution is -2.45. The van der Waals surface area contributed by atoms with Crippen LogP contribution in [0, 0.1) is 0 Å². The standard InChI is InChI=1S/C12H16ClN3O5S/c1-22(17,18)21-7-9-10-11(15-12(13)14-9)16-3-5-19-6-8(16)2-4-20-10/h8H,2-7H2,1H3/t8-/m1/s1. The Morgan fingerprint density at radius 3 is 3.00 bits per heavy atom. The number of morpholine rings is 1. The van der Waals surface area contributed by atoms with E-state index in [1.807, 2.05) is 0 Å². The molecule has 0 aromatic carbocycles. The normalized spacial score (nSPS) is 21.5. The first-order valence-electron chi connectivity index (χ1n) is 6.82. The molecule has 0 spiro atoms. The lowest BCUT2D eigenvalue weighted by Gasteiger charge is -2.35. The zero-order valence-electron chi connectivity index (χ0n) is 12.0. The lowest BCUT2D eigenvalue weighted by molar-refractivity contribution is 0.0894. The number of halogens is 1. The van der Waals surface area contributed by atoms with Crippen LogP contribution in [0.4, 0.5) is 5.82 Å². The quantitative estimate of drug-likeness (QED) is 0.578. The molecule has 1 saturated heterocycles. The number of nitrogens with zero attached hydrogens (tertiary/aromatic N) is 3. The van der Waals surface area contributed by atoms with Gasteiger partial charge in [-0.2, -0.15) is 13.4 Å². The molecule has 10 heteroatoms. The highest BCUT2D eigenvalue weighted by molar-refractivity contribution is 7.85. The minimum Gasteiger partial charge on any atom is -0.488 e. The average Bonchev–Trinajstić information content (AvgIpc) is 2.64. The number of ether oxygens (including phenoxy) is 2. The van der Waals surface area contributed by atoms with Gasteiger partial charge >= 0.3 is 0 Å². The molecule has 1 atom stereocenters. The monoisotopic (exact) mass is 349 g/mol. The van der Waals surface area contributed by atoms with Gasteiger partial charge in [0.15, 0.2) is 11.6 Å². The van der Waals surface area contributed by atoms with Gasteiger partial charge in [-0.3, -0.25) is 4.18 Å². The van der Waals surface area contributed by atoms with Crippen LogP contribution < -0.4 is 9.64 Å². The van der Waals surface area contributed by atoms with Crippen molar-refractivity contribution in [2.24, 2.45) is 0 Å². The van der Waals surface area contributed by atoms with Crippen molar-refractivity contribution >= 4 is 27.5 Å². The molecule has 0 bridgehead atoms. The largest absolute Gasteiger partial charge is 0.488 e. The molecule has 0 aliphatic carbocycles. The summed E-state index contributed by atoms with van der Waals surface area (Å²) >= 11 is 5.98.